The van der Waals surface area contributed by atoms with E-state index in [-0.39, 0.29) is 31.6 Å². The minimum absolute atomic E-state index is 0.0461. The number of urea groups is 1. The van der Waals surface area contributed by atoms with Crippen LogP contribution in [0.25, 0.3) is 0 Å². The van der Waals surface area contributed by atoms with Crippen LogP contribution in [0.15, 0.2) is 0 Å². The molecule has 0 radical (unpaired) electrons. The van der Waals surface area contributed by atoms with E-state index in [1.54, 1.807) is 0 Å². The Labute approximate surface area is 111 Å². The van der Waals surface area contributed by atoms with Gasteiger partial charge in [0.2, 0.25) is 0 Å². The molecule has 7 heteroatoms. The standard InChI is InChI=1S/C12H20N2O5/c15-7-8-3-1-2-4-13(8)12(19)14-6-9(16)5-10(14)11(17)18/h8-10,15-16H,1-7H2,(H,17,18). The summed E-state index contributed by atoms with van der Waals surface area (Å²) in [5.74, 6) is -1.09. The maximum absolute atomic E-state index is 12.4. The Morgan fingerprint density at radius 2 is 1.95 bits per heavy atom. The third kappa shape index (κ3) is 2.82. The average Bonchev–Trinajstić information content (AvgIpc) is 2.80. The smallest absolute Gasteiger partial charge is 0.326 e. The van der Waals surface area contributed by atoms with Crippen molar-refractivity contribution in [2.75, 3.05) is 19.7 Å². The molecule has 0 aromatic carbocycles. The molecule has 2 heterocycles. The monoisotopic (exact) mass is 272 g/mol. The maximum Gasteiger partial charge on any atom is 0.326 e. The molecule has 0 spiro atoms. The van der Waals surface area contributed by atoms with Gasteiger partial charge in [-0.15, -0.1) is 0 Å². The third-order valence-electron chi connectivity index (χ3n) is 3.89. The first-order valence-corrected chi connectivity index (χ1v) is 6.63. The lowest BCUT2D eigenvalue weighted by Gasteiger charge is -2.38. The molecular weight excluding hydrogens is 252 g/mol. The Balaban J connectivity index is 2.11. The number of piperidine rings is 1. The van der Waals surface area contributed by atoms with Gasteiger partial charge in [-0.3, -0.25) is 0 Å². The summed E-state index contributed by atoms with van der Waals surface area (Å²) < 4.78 is 0. The van der Waals surface area contributed by atoms with Crippen LogP contribution in [0, 0.1) is 0 Å². The molecule has 0 aliphatic carbocycles. The summed E-state index contributed by atoms with van der Waals surface area (Å²) in [6, 6.07) is -1.60. The van der Waals surface area contributed by atoms with Crippen molar-refractivity contribution in [2.45, 2.75) is 43.9 Å². The first-order valence-electron chi connectivity index (χ1n) is 6.63. The van der Waals surface area contributed by atoms with Gasteiger partial charge in [0.25, 0.3) is 0 Å². The molecule has 0 aromatic heterocycles. The van der Waals surface area contributed by atoms with Crippen LogP contribution in [0.1, 0.15) is 25.7 Å². The van der Waals surface area contributed by atoms with Gasteiger partial charge in [-0.1, -0.05) is 0 Å². The Bertz CT molecular complexity index is 362. The molecule has 2 saturated heterocycles. The van der Waals surface area contributed by atoms with Gasteiger partial charge in [-0.2, -0.15) is 0 Å². The summed E-state index contributed by atoms with van der Waals surface area (Å²) in [5.41, 5.74) is 0. The molecule has 0 bridgehead atoms. The van der Waals surface area contributed by atoms with E-state index < -0.39 is 18.1 Å². The minimum Gasteiger partial charge on any atom is -0.480 e. The Kier molecular flexibility index (Phi) is 4.26. The zero-order valence-corrected chi connectivity index (χ0v) is 10.7. The molecule has 108 valence electrons. The topological polar surface area (TPSA) is 101 Å². The van der Waals surface area contributed by atoms with E-state index in [2.05, 4.69) is 0 Å². The molecule has 2 amide bonds. The number of carbonyl (C=O) groups excluding carboxylic acids is 1. The molecule has 2 rings (SSSR count). The van der Waals surface area contributed by atoms with E-state index >= 15 is 0 Å². The first kappa shape index (κ1) is 14.1. The van der Waals surface area contributed by atoms with Crippen LogP contribution in [0.2, 0.25) is 0 Å². The zero-order chi connectivity index (χ0) is 14.0. The summed E-state index contributed by atoms with van der Waals surface area (Å²) in [6.45, 7) is 0.466. The van der Waals surface area contributed by atoms with E-state index in [4.69, 9.17) is 5.11 Å². The van der Waals surface area contributed by atoms with Gasteiger partial charge in [0.05, 0.1) is 18.8 Å². The molecule has 0 saturated carbocycles. The first-order chi connectivity index (χ1) is 9.04. The SMILES string of the molecule is O=C(O)C1CC(O)CN1C(=O)N1CCCCC1CO. The van der Waals surface area contributed by atoms with E-state index in [1.807, 2.05) is 0 Å². The number of aliphatic hydroxyl groups is 2. The molecule has 2 aliphatic heterocycles. The number of carboxylic acid groups (broad SMARTS) is 1. The summed E-state index contributed by atoms with van der Waals surface area (Å²) in [6.07, 6.45) is 1.83. The highest BCUT2D eigenvalue weighted by molar-refractivity contribution is 5.83. The van der Waals surface area contributed by atoms with Crippen LogP contribution < -0.4 is 0 Å². The molecule has 0 aromatic rings. The number of carboxylic acids is 1. The predicted octanol–water partition coefficient (Wildman–Crippen LogP) is -0.527. The Morgan fingerprint density at radius 1 is 1.21 bits per heavy atom. The van der Waals surface area contributed by atoms with Gasteiger partial charge in [0.1, 0.15) is 6.04 Å². The van der Waals surface area contributed by atoms with Crippen molar-refractivity contribution in [1.82, 2.24) is 9.80 Å². The fourth-order valence-electron chi connectivity index (χ4n) is 2.87. The van der Waals surface area contributed by atoms with Gasteiger partial charge >= 0.3 is 12.0 Å². The van der Waals surface area contributed by atoms with Crippen LogP contribution in [0.3, 0.4) is 0 Å². The summed E-state index contributed by atoms with van der Waals surface area (Å²) in [7, 11) is 0. The number of hydrogen-bond donors (Lipinski definition) is 3. The molecule has 3 N–H and O–H groups in total. The van der Waals surface area contributed by atoms with Crippen LogP contribution >= 0.6 is 0 Å². The van der Waals surface area contributed by atoms with E-state index in [9.17, 15) is 19.8 Å². The number of β-amino-alcohol motifs (C(OH)–C–C–N with tert-alkyl or cyclic N) is 1. The van der Waals surface area contributed by atoms with Crippen molar-refractivity contribution in [2.24, 2.45) is 0 Å². The Morgan fingerprint density at radius 3 is 2.58 bits per heavy atom. The lowest BCUT2D eigenvalue weighted by molar-refractivity contribution is -0.141. The number of carbonyl (C=O) groups is 2. The number of aliphatic hydroxyl groups excluding tert-OH is 2. The highest BCUT2D eigenvalue weighted by atomic mass is 16.4. The van der Waals surface area contributed by atoms with Crippen molar-refractivity contribution in [3.05, 3.63) is 0 Å². The number of aliphatic carboxylic acids is 1. The minimum atomic E-state index is -1.09. The molecule has 3 atom stereocenters. The number of nitrogens with zero attached hydrogens (tertiary/aromatic N) is 2. The number of amides is 2. The highest BCUT2D eigenvalue weighted by Crippen LogP contribution is 2.24. The van der Waals surface area contributed by atoms with Gasteiger partial charge < -0.3 is 25.1 Å². The van der Waals surface area contributed by atoms with Gasteiger partial charge in [-0.25, -0.2) is 9.59 Å². The van der Waals surface area contributed by atoms with Crippen molar-refractivity contribution in [1.29, 1.82) is 0 Å². The number of hydrogen-bond acceptors (Lipinski definition) is 4. The molecule has 19 heavy (non-hydrogen) atoms. The van der Waals surface area contributed by atoms with Crippen LogP contribution in [0.4, 0.5) is 4.79 Å². The van der Waals surface area contributed by atoms with E-state index in [0.717, 1.165) is 19.3 Å². The second-order valence-corrected chi connectivity index (χ2v) is 5.20. The lowest BCUT2D eigenvalue weighted by Crippen LogP contribution is -2.54. The second-order valence-electron chi connectivity index (χ2n) is 5.20. The van der Waals surface area contributed by atoms with Crippen LogP contribution in [-0.4, -0.2) is 75.0 Å². The van der Waals surface area contributed by atoms with Gasteiger partial charge in [-0.05, 0) is 19.3 Å². The van der Waals surface area contributed by atoms with Gasteiger partial charge in [0.15, 0.2) is 0 Å². The molecular formula is C12H20N2O5. The van der Waals surface area contributed by atoms with Crippen molar-refractivity contribution < 1.29 is 24.9 Å². The van der Waals surface area contributed by atoms with Gasteiger partial charge in [0, 0.05) is 19.5 Å². The molecule has 7 nitrogen and oxygen atoms in total. The number of likely N-dealkylation sites (tertiary alicyclic amines) is 2. The van der Waals surface area contributed by atoms with Crippen molar-refractivity contribution in [3.63, 3.8) is 0 Å². The average molecular weight is 272 g/mol. The van der Waals surface area contributed by atoms with E-state index in [1.165, 1.54) is 9.80 Å². The third-order valence-corrected chi connectivity index (χ3v) is 3.89. The fourth-order valence-corrected chi connectivity index (χ4v) is 2.87. The molecule has 2 fully saturated rings. The summed E-state index contributed by atoms with van der Waals surface area (Å²) >= 11 is 0. The lowest BCUT2D eigenvalue weighted by atomic mass is 10.0. The second kappa shape index (κ2) is 5.75. The van der Waals surface area contributed by atoms with Crippen molar-refractivity contribution >= 4 is 12.0 Å². The van der Waals surface area contributed by atoms with Crippen LogP contribution in [-0.2, 0) is 4.79 Å². The molecule has 3 unspecified atom stereocenters. The number of rotatable bonds is 2. The van der Waals surface area contributed by atoms with Crippen molar-refractivity contribution in [3.8, 4) is 0 Å². The quantitative estimate of drug-likeness (QED) is 0.627. The maximum atomic E-state index is 12.4. The fraction of sp³-hybridized carbons (Fsp3) is 0.833. The predicted molar refractivity (Wildman–Crippen MR) is 65.6 cm³/mol. The largest absolute Gasteiger partial charge is 0.480 e. The normalized spacial score (nSPS) is 31.6. The highest BCUT2D eigenvalue weighted by Gasteiger charge is 2.42. The van der Waals surface area contributed by atoms with E-state index in [0.29, 0.717) is 6.54 Å². The zero-order valence-electron chi connectivity index (χ0n) is 10.7. The molecule has 2 aliphatic rings. The van der Waals surface area contributed by atoms with Crippen LogP contribution in [0.5, 0.6) is 0 Å². The Hall–Kier alpha value is -1.34. The summed E-state index contributed by atoms with van der Waals surface area (Å²) in [5, 5.41) is 28.0. The summed E-state index contributed by atoms with van der Waals surface area (Å²) in [4.78, 5) is 26.3.